The van der Waals surface area contributed by atoms with Crippen LogP contribution in [0.4, 0.5) is 38.0 Å². The standard InChI is InChI=1S/C27H32F6N6O2/c1-13(2)39-24-14(11-35-26(37-24)36-15-5-7-16(8-6-15)38(3)4)9-18(25(39)41)17-10-19(28)23(22(30)21(17)29)34-12-20(40)27(31,32)33/h9-11,13,15-16,20,34,40H,5-8,12H2,1-4H3,(H,35,36,37)/t15-,16-,20-/m0/s1. The molecule has 0 saturated heterocycles. The number of fused-ring (bicyclic) bond motifs is 1. The normalized spacial score (nSPS) is 18.8. The molecule has 2 heterocycles. The van der Waals surface area contributed by atoms with E-state index in [2.05, 4.69) is 20.2 Å². The predicted molar refractivity (Wildman–Crippen MR) is 143 cm³/mol. The third kappa shape index (κ3) is 6.43. The number of rotatable bonds is 8. The highest BCUT2D eigenvalue weighted by Crippen LogP contribution is 2.32. The van der Waals surface area contributed by atoms with Gasteiger partial charge in [-0.05, 0) is 65.8 Å². The quantitative estimate of drug-likeness (QED) is 0.251. The Morgan fingerprint density at radius 3 is 2.32 bits per heavy atom. The highest BCUT2D eigenvalue weighted by atomic mass is 19.4. The lowest BCUT2D eigenvalue weighted by Gasteiger charge is -2.33. The minimum absolute atomic E-state index is 0.145. The van der Waals surface area contributed by atoms with Gasteiger partial charge in [0.15, 0.2) is 17.7 Å². The Labute approximate surface area is 232 Å². The molecule has 41 heavy (non-hydrogen) atoms. The smallest absolute Gasteiger partial charge is 0.382 e. The van der Waals surface area contributed by atoms with Crippen molar-refractivity contribution in [1.82, 2.24) is 19.4 Å². The zero-order valence-electron chi connectivity index (χ0n) is 23.0. The van der Waals surface area contributed by atoms with E-state index in [0.29, 0.717) is 23.4 Å². The number of hydrogen-bond donors (Lipinski definition) is 3. The molecule has 1 aromatic carbocycles. The van der Waals surface area contributed by atoms with Crippen LogP contribution < -0.4 is 16.2 Å². The number of halogens is 6. The van der Waals surface area contributed by atoms with Gasteiger partial charge >= 0.3 is 6.18 Å². The fraction of sp³-hybridized carbons (Fsp3) is 0.519. The van der Waals surface area contributed by atoms with Crippen LogP contribution in [0.15, 0.2) is 23.1 Å². The van der Waals surface area contributed by atoms with E-state index in [1.807, 2.05) is 14.1 Å². The second-order valence-electron chi connectivity index (χ2n) is 10.8. The Morgan fingerprint density at radius 2 is 1.73 bits per heavy atom. The molecule has 1 fully saturated rings. The van der Waals surface area contributed by atoms with E-state index in [0.717, 1.165) is 25.7 Å². The SMILES string of the molecule is CC(C)n1c(=O)c(-c2cc(F)c(NC[C@H](O)C(F)(F)F)c(F)c2F)cc2cnc(N[C@H]3CC[C@H](N(C)C)CC3)nc21. The molecular formula is C27H32F6N6O2. The van der Waals surface area contributed by atoms with Crippen LogP contribution in [0.1, 0.15) is 45.6 Å². The van der Waals surface area contributed by atoms with Crippen LogP contribution in [0.2, 0.25) is 0 Å². The Kier molecular flexibility index (Phi) is 8.83. The Hall–Kier alpha value is -3.39. The van der Waals surface area contributed by atoms with Crippen LogP contribution in [0.3, 0.4) is 0 Å². The molecule has 0 bridgehead atoms. The molecule has 0 radical (unpaired) electrons. The molecule has 4 rings (SSSR count). The van der Waals surface area contributed by atoms with E-state index in [4.69, 9.17) is 5.11 Å². The van der Waals surface area contributed by atoms with Gasteiger partial charge in [0, 0.05) is 41.8 Å². The van der Waals surface area contributed by atoms with Crippen LogP contribution in [-0.4, -0.2) is 69.5 Å². The fourth-order valence-corrected chi connectivity index (χ4v) is 5.05. The maximum Gasteiger partial charge on any atom is 0.416 e. The first-order valence-corrected chi connectivity index (χ1v) is 13.2. The molecule has 224 valence electrons. The van der Waals surface area contributed by atoms with Gasteiger partial charge in [0.25, 0.3) is 5.56 Å². The maximum atomic E-state index is 15.1. The van der Waals surface area contributed by atoms with E-state index < -0.39 is 59.1 Å². The highest BCUT2D eigenvalue weighted by Gasteiger charge is 2.38. The third-order valence-corrected chi connectivity index (χ3v) is 7.35. The van der Waals surface area contributed by atoms with Gasteiger partial charge in [-0.2, -0.15) is 18.2 Å². The van der Waals surface area contributed by atoms with Gasteiger partial charge in [-0.25, -0.2) is 18.2 Å². The first-order valence-electron chi connectivity index (χ1n) is 13.2. The number of nitrogens with one attached hydrogen (secondary N) is 2. The van der Waals surface area contributed by atoms with Crippen LogP contribution in [0.25, 0.3) is 22.2 Å². The number of hydrogen-bond acceptors (Lipinski definition) is 7. The van der Waals surface area contributed by atoms with E-state index in [-0.39, 0.29) is 17.3 Å². The van der Waals surface area contributed by atoms with Crippen LogP contribution in [0.5, 0.6) is 0 Å². The molecule has 1 aliphatic rings. The van der Waals surface area contributed by atoms with E-state index in [9.17, 15) is 26.7 Å². The lowest BCUT2D eigenvalue weighted by Crippen LogP contribution is -2.36. The lowest BCUT2D eigenvalue weighted by atomic mass is 9.91. The first kappa shape index (κ1) is 30.6. The number of benzene rings is 1. The van der Waals surface area contributed by atoms with Crippen molar-refractivity contribution in [3.05, 3.63) is 46.1 Å². The molecule has 1 aliphatic carbocycles. The number of alkyl halides is 3. The number of aromatic nitrogens is 3. The highest BCUT2D eigenvalue weighted by molar-refractivity contribution is 5.82. The van der Waals surface area contributed by atoms with Gasteiger partial charge in [-0.15, -0.1) is 0 Å². The zero-order chi connectivity index (χ0) is 30.2. The third-order valence-electron chi connectivity index (χ3n) is 7.35. The average Bonchev–Trinajstić information content (AvgIpc) is 2.89. The molecule has 0 aliphatic heterocycles. The molecule has 0 unspecified atom stereocenters. The Balaban J connectivity index is 1.69. The van der Waals surface area contributed by atoms with Crippen molar-refractivity contribution in [2.24, 2.45) is 0 Å². The molecule has 1 saturated carbocycles. The van der Waals surface area contributed by atoms with Gasteiger partial charge in [-0.3, -0.25) is 9.36 Å². The minimum atomic E-state index is -5.05. The summed E-state index contributed by atoms with van der Waals surface area (Å²) < 4.78 is 83.7. The second kappa shape index (κ2) is 11.8. The van der Waals surface area contributed by atoms with Gasteiger partial charge in [0.1, 0.15) is 17.2 Å². The monoisotopic (exact) mass is 586 g/mol. The molecule has 14 heteroatoms. The van der Waals surface area contributed by atoms with Crippen LogP contribution in [0, 0.1) is 17.5 Å². The first-order chi connectivity index (χ1) is 19.2. The summed E-state index contributed by atoms with van der Waals surface area (Å²) in [6, 6.07) is 1.91. The predicted octanol–water partition coefficient (Wildman–Crippen LogP) is 5.08. The number of aliphatic hydroxyl groups is 1. The molecule has 3 aromatic rings. The van der Waals surface area contributed by atoms with E-state index in [1.165, 1.54) is 16.8 Å². The average molecular weight is 587 g/mol. The van der Waals surface area contributed by atoms with Crippen molar-refractivity contribution in [2.45, 2.75) is 69.9 Å². The summed E-state index contributed by atoms with van der Waals surface area (Å²) in [5, 5.41) is 14.5. The van der Waals surface area contributed by atoms with Gasteiger partial charge in [-0.1, -0.05) is 0 Å². The minimum Gasteiger partial charge on any atom is -0.382 e. The molecule has 1 atom stereocenters. The Bertz CT molecular complexity index is 1470. The van der Waals surface area contributed by atoms with Crippen molar-refractivity contribution in [3.8, 4) is 11.1 Å². The van der Waals surface area contributed by atoms with Crippen molar-refractivity contribution < 1.29 is 31.4 Å². The fourth-order valence-electron chi connectivity index (χ4n) is 5.05. The van der Waals surface area contributed by atoms with E-state index in [1.54, 1.807) is 19.2 Å². The molecule has 3 N–H and O–H groups in total. The summed E-state index contributed by atoms with van der Waals surface area (Å²) in [5.74, 6) is -4.60. The molecular weight excluding hydrogens is 554 g/mol. The van der Waals surface area contributed by atoms with Gasteiger partial charge in [0.05, 0.1) is 5.56 Å². The van der Waals surface area contributed by atoms with Gasteiger partial charge in [0.2, 0.25) is 5.95 Å². The molecule has 8 nitrogen and oxygen atoms in total. The zero-order valence-corrected chi connectivity index (χ0v) is 23.0. The summed E-state index contributed by atoms with van der Waals surface area (Å²) in [4.78, 5) is 24.6. The summed E-state index contributed by atoms with van der Waals surface area (Å²) in [7, 11) is 4.10. The summed E-state index contributed by atoms with van der Waals surface area (Å²) in [6.07, 6.45) is -2.71. The number of nitrogens with zero attached hydrogens (tertiary/aromatic N) is 4. The summed E-state index contributed by atoms with van der Waals surface area (Å²) >= 11 is 0. The largest absolute Gasteiger partial charge is 0.416 e. The summed E-state index contributed by atoms with van der Waals surface area (Å²) in [6.45, 7) is 2.08. The molecule has 0 spiro atoms. The van der Waals surface area contributed by atoms with Crippen molar-refractivity contribution in [3.63, 3.8) is 0 Å². The van der Waals surface area contributed by atoms with Gasteiger partial charge < -0.3 is 20.6 Å². The molecule has 2 aromatic heterocycles. The number of aliphatic hydroxyl groups excluding tert-OH is 1. The lowest BCUT2D eigenvalue weighted by molar-refractivity contribution is -0.198. The summed E-state index contributed by atoms with van der Waals surface area (Å²) in [5.41, 5.74) is -2.82. The second-order valence-corrected chi connectivity index (χ2v) is 10.8. The Morgan fingerprint density at radius 1 is 1.07 bits per heavy atom. The van der Waals surface area contributed by atoms with Crippen molar-refractivity contribution in [1.29, 1.82) is 0 Å². The van der Waals surface area contributed by atoms with Crippen LogP contribution >= 0.6 is 0 Å². The van der Waals surface area contributed by atoms with Crippen LogP contribution in [-0.2, 0) is 0 Å². The van der Waals surface area contributed by atoms with Crippen molar-refractivity contribution >= 4 is 22.7 Å². The number of pyridine rings is 1. The molecule has 0 amide bonds. The van der Waals surface area contributed by atoms with Crippen molar-refractivity contribution in [2.75, 3.05) is 31.3 Å². The maximum absolute atomic E-state index is 15.1. The van der Waals surface area contributed by atoms with E-state index >= 15 is 4.39 Å². The number of anilines is 2. The topological polar surface area (TPSA) is 95.3 Å².